The fourth-order valence-electron chi connectivity index (χ4n) is 1.81. The van der Waals surface area contributed by atoms with E-state index in [1.807, 2.05) is 0 Å². The van der Waals surface area contributed by atoms with Crippen LogP contribution < -0.4 is 15.2 Å². The van der Waals surface area contributed by atoms with Crippen LogP contribution in [0.5, 0.6) is 11.5 Å². The van der Waals surface area contributed by atoms with Gasteiger partial charge in [-0.2, -0.15) is 0 Å². The Labute approximate surface area is 112 Å². The van der Waals surface area contributed by atoms with Gasteiger partial charge in [-0.05, 0) is 17.7 Å². The summed E-state index contributed by atoms with van der Waals surface area (Å²) < 4.78 is 38.8. The van der Waals surface area contributed by atoms with Crippen LogP contribution in [0.15, 0.2) is 18.2 Å². The van der Waals surface area contributed by atoms with Crippen LogP contribution in [0.25, 0.3) is 0 Å². The second-order valence-electron chi connectivity index (χ2n) is 4.33. The molecule has 0 aromatic heterocycles. The highest BCUT2D eigenvalue weighted by Gasteiger charge is 2.20. The van der Waals surface area contributed by atoms with Crippen molar-refractivity contribution in [2.24, 2.45) is 5.73 Å². The highest BCUT2D eigenvalue weighted by molar-refractivity contribution is 7.91. The summed E-state index contributed by atoms with van der Waals surface area (Å²) in [5, 5.41) is 0. The maximum Gasteiger partial charge on any atom is 0.231 e. The standard InChI is InChI=1S/C12H17NO5S/c1-16-4-5-19(14,15)7-10(13)9-2-3-11-12(6-9)18-8-17-11/h2-3,6,10H,4-5,7-8,13H2,1H3. The van der Waals surface area contributed by atoms with Crippen molar-refractivity contribution in [1.29, 1.82) is 0 Å². The number of hydrogen-bond donors (Lipinski definition) is 1. The Bertz CT molecular complexity index is 543. The first-order valence-electron chi connectivity index (χ1n) is 5.86. The number of fused-ring (bicyclic) bond motifs is 1. The maximum absolute atomic E-state index is 11.8. The summed E-state index contributed by atoms with van der Waals surface area (Å²) in [5.41, 5.74) is 6.64. The van der Waals surface area contributed by atoms with Gasteiger partial charge in [-0.1, -0.05) is 6.07 Å². The molecule has 0 fully saturated rings. The van der Waals surface area contributed by atoms with E-state index in [2.05, 4.69) is 0 Å². The first-order valence-corrected chi connectivity index (χ1v) is 7.68. The molecule has 0 spiro atoms. The molecule has 0 saturated heterocycles. The normalized spacial score (nSPS) is 15.5. The number of nitrogens with two attached hydrogens (primary N) is 1. The number of hydrogen-bond acceptors (Lipinski definition) is 6. The quantitative estimate of drug-likeness (QED) is 0.818. The second-order valence-corrected chi connectivity index (χ2v) is 6.56. The van der Waals surface area contributed by atoms with Crippen LogP contribution in [0.3, 0.4) is 0 Å². The van der Waals surface area contributed by atoms with E-state index >= 15 is 0 Å². The molecule has 19 heavy (non-hydrogen) atoms. The number of rotatable bonds is 6. The molecule has 1 unspecified atom stereocenters. The molecule has 106 valence electrons. The Balaban J connectivity index is 2.06. The monoisotopic (exact) mass is 287 g/mol. The Hall–Kier alpha value is -1.31. The lowest BCUT2D eigenvalue weighted by molar-refractivity contribution is 0.174. The zero-order chi connectivity index (χ0) is 13.9. The Morgan fingerprint density at radius 2 is 2.11 bits per heavy atom. The van der Waals surface area contributed by atoms with Crippen molar-refractivity contribution < 1.29 is 22.6 Å². The lowest BCUT2D eigenvalue weighted by atomic mass is 10.1. The van der Waals surface area contributed by atoms with Crippen LogP contribution in [0, 0.1) is 0 Å². The predicted molar refractivity (Wildman–Crippen MR) is 70.0 cm³/mol. The number of benzene rings is 1. The van der Waals surface area contributed by atoms with Crippen molar-refractivity contribution in [2.45, 2.75) is 6.04 Å². The summed E-state index contributed by atoms with van der Waals surface area (Å²) in [7, 11) is -1.76. The summed E-state index contributed by atoms with van der Waals surface area (Å²) in [6.07, 6.45) is 0. The SMILES string of the molecule is COCCS(=O)(=O)CC(N)c1ccc2c(c1)OCO2. The maximum atomic E-state index is 11.8. The van der Waals surface area contributed by atoms with Crippen molar-refractivity contribution >= 4 is 9.84 Å². The lowest BCUT2D eigenvalue weighted by Crippen LogP contribution is -2.25. The van der Waals surface area contributed by atoms with E-state index in [0.717, 1.165) is 0 Å². The molecule has 0 saturated carbocycles. The molecule has 1 aromatic carbocycles. The first-order chi connectivity index (χ1) is 9.02. The zero-order valence-corrected chi connectivity index (χ0v) is 11.5. The Morgan fingerprint density at radius 1 is 1.37 bits per heavy atom. The molecular weight excluding hydrogens is 270 g/mol. The smallest absolute Gasteiger partial charge is 0.231 e. The fraction of sp³-hybridized carbons (Fsp3) is 0.500. The molecule has 1 atom stereocenters. The van der Waals surface area contributed by atoms with Crippen molar-refractivity contribution in [2.75, 3.05) is 32.0 Å². The van der Waals surface area contributed by atoms with Gasteiger partial charge in [0, 0.05) is 13.2 Å². The van der Waals surface area contributed by atoms with Gasteiger partial charge in [0.2, 0.25) is 6.79 Å². The van der Waals surface area contributed by atoms with Gasteiger partial charge >= 0.3 is 0 Å². The van der Waals surface area contributed by atoms with Gasteiger partial charge in [-0.3, -0.25) is 0 Å². The molecule has 1 aromatic rings. The van der Waals surface area contributed by atoms with Gasteiger partial charge in [0.15, 0.2) is 21.3 Å². The van der Waals surface area contributed by atoms with Crippen LogP contribution in [-0.4, -0.2) is 40.4 Å². The predicted octanol–water partition coefficient (Wildman–Crippen LogP) is 0.476. The summed E-state index contributed by atoms with van der Waals surface area (Å²) in [6, 6.07) is 4.62. The van der Waals surface area contributed by atoms with Crippen molar-refractivity contribution in [1.82, 2.24) is 0 Å². The molecule has 7 heteroatoms. The lowest BCUT2D eigenvalue weighted by Gasteiger charge is -2.13. The van der Waals surface area contributed by atoms with Crippen LogP contribution in [0.4, 0.5) is 0 Å². The minimum Gasteiger partial charge on any atom is -0.454 e. The average Bonchev–Trinajstić information content (AvgIpc) is 2.83. The van der Waals surface area contributed by atoms with Gasteiger partial charge in [-0.15, -0.1) is 0 Å². The van der Waals surface area contributed by atoms with Crippen molar-refractivity contribution in [3.05, 3.63) is 23.8 Å². The molecule has 0 radical (unpaired) electrons. The first kappa shape index (κ1) is 14.1. The van der Waals surface area contributed by atoms with Crippen molar-refractivity contribution in [3.8, 4) is 11.5 Å². The molecule has 1 aliphatic heterocycles. The van der Waals surface area contributed by atoms with Crippen molar-refractivity contribution in [3.63, 3.8) is 0 Å². The molecule has 2 rings (SSSR count). The molecule has 0 aliphatic carbocycles. The van der Waals surface area contributed by atoms with Crippen LogP contribution in [-0.2, 0) is 14.6 Å². The van der Waals surface area contributed by atoms with E-state index in [0.29, 0.717) is 17.1 Å². The van der Waals surface area contributed by atoms with E-state index in [1.54, 1.807) is 18.2 Å². The van der Waals surface area contributed by atoms with E-state index in [1.165, 1.54) is 7.11 Å². The third kappa shape index (κ3) is 3.59. The fourth-order valence-corrected chi connectivity index (χ4v) is 3.13. The Kier molecular flexibility index (Phi) is 4.28. The zero-order valence-electron chi connectivity index (χ0n) is 10.7. The minimum atomic E-state index is -3.23. The topological polar surface area (TPSA) is 87.9 Å². The summed E-state index contributed by atoms with van der Waals surface area (Å²) in [5.74, 6) is 1.11. The minimum absolute atomic E-state index is 0.0260. The van der Waals surface area contributed by atoms with E-state index in [4.69, 9.17) is 19.9 Å². The largest absolute Gasteiger partial charge is 0.454 e. The van der Waals surface area contributed by atoms with Crippen LogP contribution in [0.2, 0.25) is 0 Å². The number of sulfone groups is 1. The molecule has 2 N–H and O–H groups in total. The van der Waals surface area contributed by atoms with E-state index in [-0.39, 0.29) is 24.9 Å². The highest BCUT2D eigenvalue weighted by Crippen LogP contribution is 2.33. The summed E-state index contributed by atoms with van der Waals surface area (Å²) in [6.45, 7) is 0.357. The van der Waals surface area contributed by atoms with Crippen LogP contribution in [0.1, 0.15) is 11.6 Å². The van der Waals surface area contributed by atoms with Crippen LogP contribution >= 0.6 is 0 Å². The number of ether oxygens (including phenoxy) is 3. The van der Waals surface area contributed by atoms with Gasteiger partial charge in [0.25, 0.3) is 0 Å². The third-order valence-corrected chi connectivity index (χ3v) is 4.51. The van der Waals surface area contributed by atoms with E-state index < -0.39 is 15.9 Å². The molecule has 1 heterocycles. The van der Waals surface area contributed by atoms with E-state index in [9.17, 15) is 8.42 Å². The summed E-state index contributed by atoms with van der Waals surface area (Å²) >= 11 is 0. The second kappa shape index (κ2) is 5.77. The molecule has 1 aliphatic rings. The molecule has 6 nitrogen and oxygen atoms in total. The molecular formula is C12H17NO5S. The van der Waals surface area contributed by atoms with Gasteiger partial charge in [0.1, 0.15) is 0 Å². The van der Waals surface area contributed by atoms with Gasteiger partial charge < -0.3 is 19.9 Å². The van der Waals surface area contributed by atoms with Gasteiger partial charge in [0.05, 0.1) is 18.1 Å². The third-order valence-electron chi connectivity index (χ3n) is 2.86. The highest BCUT2D eigenvalue weighted by atomic mass is 32.2. The van der Waals surface area contributed by atoms with Gasteiger partial charge in [-0.25, -0.2) is 8.42 Å². The molecule has 0 bridgehead atoms. The Morgan fingerprint density at radius 3 is 2.84 bits per heavy atom. The number of methoxy groups -OCH3 is 1. The average molecular weight is 287 g/mol. The molecule has 0 amide bonds. The summed E-state index contributed by atoms with van der Waals surface area (Å²) in [4.78, 5) is 0.